The molecule has 0 bridgehead atoms. The molecule has 0 aliphatic carbocycles. The predicted molar refractivity (Wildman–Crippen MR) is 45.5 cm³/mol. The van der Waals surface area contributed by atoms with Gasteiger partial charge in [0.05, 0.1) is 17.7 Å². The molecule has 0 unspecified atom stereocenters. The Morgan fingerprint density at radius 3 is 2.33 bits per heavy atom. The number of aromatic nitrogens is 1. The predicted octanol–water partition coefficient (Wildman–Crippen LogP) is 2.80. The van der Waals surface area contributed by atoms with Crippen LogP contribution in [0.3, 0.4) is 0 Å². The Morgan fingerprint density at radius 2 is 1.94 bits per heavy atom. The van der Waals surface area contributed by atoms with Crippen LogP contribution in [0.2, 0.25) is 0 Å². The van der Waals surface area contributed by atoms with Crippen molar-refractivity contribution in [3.05, 3.63) is 28.8 Å². The second-order valence-corrected chi connectivity index (χ2v) is 3.22. The first-order valence-corrected chi connectivity index (χ1v) is 4.39. The van der Waals surface area contributed by atoms with Gasteiger partial charge in [-0.3, -0.25) is 4.79 Å². The zero-order valence-electron chi connectivity index (χ0n) is 8.43. The maximum Gasteiger partial charge on any atom is 0.419 e. The molecule has 9 heteroatoms. The number of carbonyl (C=O) groups is 1. The smallest absolute Gasteiger partial charge is 0.419 e. The number of aliphatic carboxylic acids is 1. The highest BCUT2D eigenvalue weighted by Crippen LogP contribution is 2.34. The van der Waals surface area contributed by atoms with Crippen LogP contribution >= 0.6 is 0 Å². The normalized spacial score (nSPS) is 11.9. The fraction of sp³-hybridized carbons (Fsp3) is 0.333. The van der Waals surface area contributed by atoms with E-state index in [0.717, 1.165) is 0 Å². The molecule has 1 heterocycles. The number of pyridine rings is 1. The third-order valence-corrected chi connectivity index (χ3v) is 1.89. The first kappa shape index (κ1) is 14.3. The zero-order valence-corrected chi connectivity index (χ0v) is 8.43. The number of nitrogens with zero attached hydrogens (tertiary/aromatic N) is 1. The second-order valence-electron chi connectivity index (χ2n) is 3.22. The Balaban J connectivity index is 3.43. The molecule has 0 aliphatic heterocycles. The highest BCUT2D eigenvalue weighted by Gasteiger charge is 2.37. The fourth-order valence-electron chi connectivity index (χ4n) is 1.18. The van der Waals surface area contributed by atoms with Gasteiger partial charge in [0.25, 0.3) is 6.43 Å². The highest BCUT2D eigenvalue weighted by atomic mass is 19.4. The van der Waals surface area contributed by atoms with Gasteiger partial charge in [0.2, 0.25) is 0 Å². The van der Waals surface area contributed by atoms with E-state index in [1.54, 1.807) is 0 Å². The number of alkyl halides is 5. The summed E-state index contributed by atoms with van der Waals surface area (Å²) in [7, 11) is 0. The van der Waals surface area contributed by atoms with Crippen molar-refractivity contribution in [2.75, 3.05) is 0 Å². The van der Waals surface area contributed by atoms with E-state index in [2.05, 4.69) is 4.98 Å². The van der Waals surface area contributed by atoms with Gasteiger partial charge in [-0.05, 0) is 6.07 Å². The molecular formula is C9H5F6NO2. The molecule has 0 saturated carbocycles. The summed E-state index contributed by atoms with van der Waals surface area (Å²) in [6.07, 6.45) is -9.78. The Labute approximate surface area is 96.1 Å². The van der Waals surface area contributed by atoms with Crippen LogP contribution in [-0.4, -0.2) is 16.1 Å². The molecule has 0 spiro atoms. The highest BCUT2D eigenvalue weighted by molar-refractivity contribution is 5.69. The van der Waals surface area contributed by atoms with Crippen LogP contribution in [0.1, 0.15) is 23.4 Å². The number of hydrogen-bond acceptors (Lipinski definition) is 2. The van der Waals surface area contributed by atoms with Crippen LogP contribution in [0.5, 0.6) is 0 Å². The topological polar surface area (TPSA) is 50.2 Å². The van der Waals surface area contributed by atoms with Crippen molar-refractivity contribution in [2.45, 2.75) is 19.0 Å². The standard InChI is InChI=1S/C9H5F6NO2/c10-7-3(9(13,14)15)1-5(8(11)12)16-4(7)2-6(17)18/h1,8H,2H2,(H,17,18). The summed E-state index contributed by atoms with van der Waals surface area (Å²) in [6, 6.07) is -0.134. The molecular weight excluding hydrogens is 268 g/mol. The Morgan fingerprint density at radius 1 is 1.39 bits per heavy atom. The number of rotatable bonds is 3. The van der Waals surface area contributed by atoms with E-state index in [1.807, 2.05) is 0 Å². The molecule has 0 aliphatic rings. The van der Waals surface area contributed by atoms with Gasteiger partial charge in [0, 0.05) is 0 Å². The third-order valence-electron chi connectivity index (χ3n) is 1.89. The molecule has 1 rings (SSSR count). The summed E-state index contributed by atoms with van der Waals surface area (Å²) >= 11 is 0. The van der Waals surface area contributed by atoms with Crippen molar-refractivity contribution in [3.63, 3.8) is 0 Å². The average molecular weight is 273 g/mol. The lowest BCUT2D eigenvalue weighted by molar-refractivity contribution is -0.141. The van der Waals surface area contributed by atoms with E-state index in [9.17, 15) is 31.1 Å². The summed E-state index contributed by atoms with van der Waals surface area (Å²) in [6.45, 7) is 0. The Bertz CT molecular complexity index is 471. The third kappa shape index (κ3) is 3.11. The van der Waals surface area contributed by atoms with Crippen molar-refractivity contribution >= 4 is 5.97 Å². The zero-order chi connectivity index (χ0) is 14.1. The van der Waals surface area contributed by atoms with E-state index in [0.29, 0.717) is 0 Å². The Kier molecular flexibility index (Phi) is 3.82. The van der Waals surface area contributed by atoms with Crippen LogP contribution in [0.15, 0.2) is 6.07 Å². The number of carboxylic acid groups (broad SMARTS) is 1. The lowest BCUT2D eigenvalue weighted by Crippen LogP contribution is -2.15. The summed E-state index contributed by atoms with van der Waals surface area (Å²) in [4.78, 5) is 13.2. The molecule has 18 heavy (non-hydrogen) atoms. The lowest BCUT2D eigenvalue weighted by atomic mass is 10.1. The van der Waals surface area contributed by atoms with Crippen LogP contribution in [0.4, 0.5) is 26.3 Å². The minimum Gasteiger partial charge on any atom is -0.481 e. The fourth-order valence-corrected chi connectivity index (χ4v) is 1.18. The molecule has 0 aromatic carbocycles. The maximum atomic E-state index is 13.3. The van der Waals surface area contributed by atoms with E-state index in [4.69, 9.17) is 5.11 Å². The first-order chi connectivity index (χ1) is 8.12. The van der Waals surface area contributed by atoms with Gasteiger partial charge in [0.15, 0.2) is 5.82 Å². The van der Waals surface area contributed by atoms with E-state index >= 15 is 0 Å². The van der Waals surface area contributed by atoms with E-state index < -0.39 is 47.8 Å². The summed E-state index contributed by atoms with van der Waals surface area (Å²) < 4.78 is 74.9. The number of halogens is 6. The summed E-state index contributed by atoms with van der Waals surface area (Å²) in [5.41, 5.74) is -4.45. The first-order valence-electron chi connectivity index (χ1n) is 4.39. The van der Waals surface area contributed by atoms with Crippen molar-refractivity contribution < 1.29 is 36.2 Å². The van der Waals surface area contributed by atoms with Gasteiger partial charge in [-0.2, -0.15) is 13.2 Å². The summed E-state index contributed by atoms with van der Waals surface area (Å²) in [5, 5.41) is 8.34. The van der Waals surface area contributed by atoms with Crippen molar-refractivity contribution in [1.29, 1.82) is 0 Å². The molecule has 1 N–H and O–H groups in total. The Hall–Kier alpha value is -1.80. The SMILES string of the molecule is O=C(O)Cc1nc(C(F)F)cc(C(F)(F)F)c1F. The number of hydrogen-bond donors (Lipinski definition) is 1. The van der Waals surface area contributed by atoms with Gasteiger partial charge in [-0.15, -0.1) is 0 Å². The minimum absolute atomic E-state index is 0.134. The van der Waals surface area contributed by atoms with Crippen molar-refractivity contribution in [3.8, 4) is 0 Å². The van der Waals surface area contributed by atoms with Crippen LogP contribution < -0.4 is 0 Å². The average Bonchev–Trinajstić information content (AvgIpc) is 2.18. The second kappa shape index (κ2) is 4.83. The monoisotopic (exact) mass is 273 g/mol. The van der Waals surface area contributed by atoms with Crippen LogP contribution in [0, 0.1) is 5.82 Å². The van der Waals surface area contributed by atoms with Crippen LogP contribution in [0.25, 0.3) is 0 Å². The van der Waals surface area contributed by atoms with E-state index in [-0.39, 0.29) is 6.07 Å². The van der Waals surface area contributed by atoms with Gasteiger partial charge in [-0.25, -0.2) is 18.2 Å². The van der Waals surface area contributed by atoms with Gasteiger partial charge in [-0.1, -0.05) is 0 Å². The molecule has 0 radical (unpaired) electrons. The van der Waals surface area contributed by atoms with Crippen molar-refractivity contribution in [2.24, 2.45) is 0 Å². The summed E-state index contributed by atoms with van der Waals surface area (Å²) in [5.74, 6) is -3.63. The lowest BCUT2D eigenvalue weighted by Gasteiger charge is -2.12. The largest absolute Gasteiger partial charge is 0.481 e. The van der Waals surface area contributed by atoms with Gasteiger partial charge >= 0.3 is 12.1 Å². The van der Waals surface area contributed by atoms with E-state index in [1.165, 1.54) is 0 Å². The molecule has 1 aromatic rings. The van der Waals surface area contributed by atoms with Gasteiger partial charge in [0.1, 0.15) is 5.69 Å². The van der Waals surface area contributed by atoms with Crippen molar-refractivity contribution in [1.82, 2.24) is 4.98 Å². The molecule has 100 valence electrons. The number of carboxylic acids is 1. The molecule has 0 saturated heterocycles. The van der Waals surface area contributed by atoms with Gasteiger partial charge < -0.3 is 5.11 Å². The minimum atomic E-state index is -5.20. The molecule has 0 fully saturated rings. The molecule has 1 aromatic heterocycles. The van der Waals surface area contributed by atoms with Crippen LogP contribution in [-0.2, 0) is 17.4 Å². The molecule has 0 atom stereocenters. The quantitative estimate of drug-likeness (QED) is 0.861. The molecule has 3 nitrogen and oxygen atoms in total. The maximum absolute atomic E-state index is 13.3. The molecule has 0 amide bonds.